The van der Waals surface area contributed by atoms with E-state index in [-0.39, 0.29) is 0 Å². The average Bonchev–Trinajstić information content (AvgIpc) is 3.94. The first kappa shape index (κ1) is 33.1. The predicted molar refractivity (Wildman–Crippen MR) is 252 cm³/mol. The van der Waals surface area contributed by atoms with E-state index in [0.29, 0.717) is 0 Å². The smallest absolute Gasteiger partial charge is 0.0726 e. The van der Waals surface area contributed by atoms with Gasteiger partial charge in [0.15, 0.2) is 0 Å². The van der Waals surface area contributed by atoms with Gasteiger partial charge in [-0.1, -0.05) is 194 Å². The quantitative estimate of drug-likeness (QED) is 0.169. The number of nitrogens with zero attached hydrogens (tertiary/aromatic N) is 1. The van der Waals surface area contributed by atoms with Crippen LogP contribution < -0.4 is 0 Å². The lowest BCUT2D eigenvalue weighted by Crippen LogP contribution is -2.43. The second-order valence-electron chi connectivity index (χ2n) is 17.1. The predicted octanol–water partition coefficient (Wildman–Crippen LogP) is 14.6. The lowest BCUT2D eigenvalue weighted by atomic mass is 9.52. The number of aromatic nitrogens is 1. The average molecular weight is 772 g/mol. The van der Waals surface area contributed by atoms with Crippen LogP contribution in [0, 0.1) is 0 Å². The maximum Gasteiger partial charge on any atom is 0.0726 e. The number of hydrogen-bond donors (Lipinski definition) is 0. The molecular weight excluding hydrogens is 735 g/mol. The highest BCUT2D eigenvalue weighted by atomic mass is 15.0. The molecule has 10 aromatic carbocycles. The van der Waals surface area contributed by atoms with Crippen molar-refractivity contribution in [3.63, 3.8) is 0 Å². The van der Waals surface area contributed by atoms with Gasteiger partial charge >= 0.3 is 0 Å². The van der Waals surface area contributed by atoms with Crippen molar-refractivity contribution in [2.75, 3.05) is 0 Å². The van der Waals surface area contributed by atoms with Gasteiger partial charge in [0.2, 0.25) is 0 Å². The maximum absolute atomic E-state index is 2.47. The fourth-order valence-corrected chi connectivity index (χ4v) is 12.3. The fraction of sp³-hybridized carbons (Fsp3) is 0.0333. The molecular formula is C60H37N. The molecule has 1 spiro atoms. The largest absolute Gasteiger partial charge is 0.309 e. The van der Waals surface area contributed by atoms with Crippen LogP contribution in [0.1, 0.15) is 44.5 Å². The molecule has 0 saturated carbocycles. The van der Waals surface area contributed by atoms with E-state index < -0.39 is 10.8 Å². The summed E-state index contributed by atoms with van der Waals surface area (Å²) in [6.45, 7) is 0. The Labute approximate surface area is 354 Å². The topological polar surface area (TPSA) is 4.93 Å². The second-order valence-corrected chi connectivity index (χ2v) is 17.1. The third-order valence-electron chi connectivity index (χ3n) is 14.4. The third-order valence-corrected chi connectivity index (χ3v) is 14.4. The van der Waals surface area contributed by atoms with Crippen LogP contribution in [0.3, 0.4) is 0 Å². The summed E-state index contributed by atoms with van der Waals surface area (Å²) in [6, 6.07) is 84.8. The highest BCUT2D eigenvalue weighted by molar-refractivity contribution is 6.11. The van der Waals surface area contributed by atoms with Crippen LogP contribution in [0.4, 0.5) is 0 Å². The monoisotopic (exact) mass is 771 g/mol. The van der Waals surface area contributed by atoms with Gasteiger partial charge in [-0.15, -0.1) is 0 Å². The Kier molecular flexibility index (Phi) is 6.48. The molecule has 0 amide bonds. The summed E-state index contributed by atoms with van der Waals surface area (Å²) in [5.41, 5.74) is 21.2. The van der Waals surface area contributed by atoms with Crippen LogP contribution in [0.25, 0.3) is 71.6 Å². The minimum atomic E-state index is -0.571. The first-order valence-corrected chi connectivity index (χ1v) is 21.4. The van der Waals surface area contributed by atoms with Gasteiger partial charge in [-0.25, -0.2) is 0 Å². The van der Waals surface area contributed by atoms with Crippen molar-refractivity contribution in [3.05, 3.63) is 269 Å². The zero-order valence-corrected chi connectivity index (χ0v) is 33.3. The number of fused-ring (bicyclic) bond motifs is 16. The molecule has 282 valence electrons. The third kappa shape index (κ3) is 4.02. The van der Waals surface area contributed by atoms with E-state index in [1.165, 1.54) is 116 Å². The molecule has 14 rings (SSSR count). The van der Waals surface area contributed by atoms with E-state index in [2.05, 4.69) is 229 Å². The van der Waals surface area contributed by atoms with Crippen LogP contribution in [-0.2, 0) is 10.8 Å². The van der Waals surface area contributed by atoms with Crippen molar-refractivity contribution in [2.24, 2.45) is 0 Å². The molecule has 61 heavy (non-hydrogen) atoms. The summed E-state index contributed by atoms with van der Waals surface area (Å²) in [6.07, 6.45) is 0. The Morgan fingerprint density at radius 1 is 0.295 bits per heavy atom. The van der Waals surface area contributed by atoms with Gasteiger partial charge in [0, 0.05) is 16.5 Å². The van der Waals surface area contributed by atoms with Crippen molar-refractivity contribution >= 4 is 32.6 Å². The van der Waals surface area contributed by atoms with Crippen LogP contribution in [0.2, 0.25) is 0 Å². The Morgan fingerprint density at radius 2 is 0.852 bits per heavy atom. The lowest BCUT2D eigenvalue weighted by Gasteiger charge is -2.48. The number of para-hydroxylation sites is 1. The van der Waals surface area contributed by atoms with Crippen molar-refractivity contribution in [1.82, 2.24) is 4.57 Å². The van der Waals surface area contributed by atoms with Crippen LogP contribution in [-0.4, -0.2) is 4.57 Å². The van der Waals surface area contributed by atoms with E-state index in [4.69, 9.17) is 0 Å². The molecule has 1 aromatic heterocycles. The Hall–Kier alpha value is -7.74. The zero-order chi connectivity index (χ0) is 39.9. The van der Waals surface area contributed by atoms with Crippen molar-refractivity contribution in [3.8, 4) is 39.1 Å². The molecule has 0 bridgehead atoms. The van der Waals surface area contributed by atoms with E-state index in [0.717, 1.165) is 0 Å². The Bertz CT molecular complexity index is 3660. The van der Waals surface area contributed by atoms with Crippen LogP contribution in [0.5, 0.6) is 0 Å². The van der Waals surface area contributed by atoms with Gasteiger partial charge in [-0.2, -0.15) is 0 Å². The van der Waals surface area contributed by atoms with Crippen molar-refractivity contribution in [1.29, 1.82) is 0 Å². The number of benzene rings is 10. The molecule has 0 saturated heterocycles. The summed E-state index contributed by atoms with van der Waals surface area (Å²) < 4.78 is 2.44. The highest BCUT2D eigenvalue weighted by Crippen LogP contribution is 2.69. The zero-order valence-electron chi connectivity index (χ0n) is 33.3. The van der Waals surface area contributed by atoms with Gasteiger partial charge in [-0.05, 0) is 119 Å². The second kappa shape index (κ2) is 11.9. The van der Waals surface area contributed by atoms with E-state index in [1.54, 1.807) is 0 Å². The molecule has 0 aliphatic heterocycles. The molecule has 2 unspecified atom stereocenters. The lowest BCUT2D eigenvalue weighted by molar-refractivity contribution is 0.637. The molecule has 1 heteroatoms. The molecule has 3 aliphatic carbocycles. The molecule has 2 atom stereocenters. The van der Waals surface area contributed by atoms with Gasteiger partial charge in [0.05, 0.1) is 21.9 Å². The van der Waals surface area contributed by atoms with Crippen molar-refractivity contribution < 1.29 is 0 Å². The summed E-state index contributed by atoms with van der Waals surface area (Å²) in [5.74, 6) is 0. The van der Waals surface area contributed by atoms with E-state index in [1.807, 2.05) is 0 Å². The standard InChI is InChI=1S/C60H37N/c1-2-18-41(19-3-1)59-50-26-9-6-21-45(50)48-25-15-30-54(58(48)59)60(53-29-12-11-28-52(53)59)51-27-10-7-20-44(51)47-24-14-23-43(57(47)60)40-33-35-56-49(37-40)46-22-8-13-31-55(46)61(56)42-34-32-38-16-4-5-17-39(38)36-42/h1-37H. The number of rotatable bonds is 3. The van der Waals surface area contributed by atoms with Crippen LogP contribution >= 0.6 is 0 Å². The Balaban J connectivity index is 1.09. The summed E-state index contributed by atoms with van der Waals surface area (Å²) in [5, 5.41) is 5.01. The molecule has 0 N–H and O–H groups in total. The Morgan fingerprint density at radius 3 is 1.66 bits per heavy atom. The van der Waals surface area contributed by atoms with Crippen molar-refractivity contribution in [2.45, 2.75) is 10.8 Å². The van der Waals surface area contributed by atoms with Gasteiger partial charge in [0.25, 0.3) is 0 Å². The number of hydrogen-bond acceptors (Lipinski definition) is 0. The van der Waals surface area contributed by atoms with E-state index >= 15 is 0 Å². The maximum atomic E-state index is 2.47. The van der Waals surface area contributed by atoms with Gasteiger partial charge in [-0.3, -0.25) is 0 Å². The SMILES string of the molecule is c1ccc(C23c4ccccc4-c4cccc(c42)C2(c4ccccc4-c4cccc(-c5ccc6c(c5)c5ccccc5n6-c5ccc6ccccc6c5)c42)c2ccccc23)cc1. The minimum Gasteiger partial charge on any atom is -0.309 e. The minimum absolute atomic E-state index is 0.470. The first-order valence-electron chi connectivity index (χ1n) is 21.4. The molecule has 0 radical (unpaired) electrons. The van der Waals surface area contributed by atoms with Gasteiger partial charge < -0.3 is 4.57 Å². The molecule has 1 nitrogen and oxygen atoms in total. The molecule has 0 fully saturated rings. The van der Waals surface area contributed by atoms with Gasteiger partial charge in [0.1, 0.15) is 0 Å². The summed E-state index contributed by atoms with van der Waals surface area (Å²) in [4.78, 5) is 0. The fourth-order valence-electron chi connectivity index (χ4n) is 12.3. The van der Waals surface area contributed by atoms with E-state index in [9.17, 15) is 0 Å². The first-order chi connectivity index (χ1) is 30.3. The van der Waals surface area contributed by atoms with Crippen LogP contribution in [0.15, 0.2) is 224 Å². The molecule has 1 heterocycles. The molecule has 11 aromatic rings. The summed E-state index contributed by atoms with van der Waals surface area (Å²) in [7, 11) is 0. The highest BCUT2D eigenvalue weighted by Gasteiger charge is 2.60. The normalized spacial score (nSPS) is 17.6. The molecule has 3 aliphatic rings. The summed E-state index contributed by atoms with van der Waals surface area (Å²) >= 11 is 0.